The van der Waals surface area contributed by atoms with Crippen LogP contribution in [0.4, 0.5) is 10.1 Å². The van der Waals surface area contributed by atoms with Gasteiger partial charge in [0.1, 0.15) is 5.82 Å². The summed E-state index contributed by atoms with van der Waals surface area (Å²) in [6, 6.07) is 12.6. The van der Waals surface area contributed by atoms with Crippen LogP contribution in [-0.2, 0) is 6.42 Å². The Morgan fingerprint density at radius 1 is 1.24 bits per heavy atom. The third-order valence-corrected chi connectivity index (χ3v) is 4.38. The summed E-state index contributed by atoms with van der Waals surface area (Å²) in [5.74, 6) is -0.426. The first-order valence-corrected chi connectivity index (χ1v) is 7.71. The lowest BCUT2D eigenvalue weighted by atomic mass is 9.93. The lowest BCUT2D eigenvalue weighted by Gasteiger charge is -2.33. The molecular weight excluding hydrogens is 333 g/mol. The van der Waals surface area contributed by atoms with Crippen molar-refractivity contribution in [1.82, 2.24) is 0 Å². The normalized spacial score (nSPS) is 17.5. The molecule has 1 aliphatic heterocycles. The van der Waals surface area contributed by atoms with Crippen LogP contribution in [0.2, 0.25) is 0 Å². The summed E-state index contributed by atoms with van der Waals surface area (Å²) in [5.41, 5.74) is 2.13. The summed E-state index contributed by atoms with van der Waals surface area (Å²) < 4.78 is 14.5. The Morgan fingerprint density at radius 3 is 2.81 bits per heavy atom. The molecule has 0 saturated heterocycles. The highest BCUT2D eigenvalue weighted by molar-refractivity contribution is 9.10. The Labute approximate surface area is 131 Å². The number of rotatable bonds is 1. The van der Waals surface area contributed by atoms with Crippen molar-refractivity contribution in [2.24, 2.45) is 5.92 Å². The van der Waals surface area contributed by atoms with Gasteiger partial charge in [0.25, 0.3) is 5.91 Å². The topological polar surface area (TPSA) is 20.3 Å². The van der Waals surface area contributed by atoms with E-state index in [1.54, 1.807) is 17.0 Å². The van der Waals surface area contributed by atoms with Crippen LogP contribution < -0.4 is 4.90 Å². The van der Waals surface area contributed by atoms with Gasteiger partial charge in [-0.3, -0.25) is 4.79 Å². The lowest BCUT2D eigenvalue weighted by Crippen LogP contribution is -2.39. The molecule has 0 N–H and O–H groups in total. The Bertz CT molecular complexity index is 701. The van der Waals surface area contributed by atoms with E-state index in [4.69, 9.17) is 0 Å². The molecule has 0 saturated carbocycles. The highest BCUT2D eigenvalue weighted by Gasteiger charge is 2.28. The zero-order chi connectivity index (χ0) is 15.0. The molecular formula is C17H15BrFNO. The lowest BCUT2D eigenvalue weighted by molar-refractivity contribution is 0.0977. The molecule has 1 atom stereocenters. The average molecular weight is 348 g/mol. The number of para-hydroxylation sites is 1. The van der Waals surface area contributed by atoms with Gasteiger partial charge in [-0.15, -0.1) is 0 Å². The zero-order valence-electron chi connectivity index (χ0n) is 11.6. The number of hydrogen-bond acceptors (Lipinski definition) is 1. The maximum absolute atomic E-state index is 14.2. The molecule has 0 bridgehead atoms. The number of nitrogens with zero attached hydrogens (tertiary/aromatic N) is 1. The van der Waals surface area contributed by atoms with Gasteiger partial charge in [0, 0.05) is 12.2 Å². The number of fused-ring (bicyclic) bond motifs is 1. The molecule has 21 heavy (non-hydrogen) atoms. The summed E-state index contributed by atoms with van der Waals surface area (Å²) >= 11 is 3.14. The van der Waals surface area contributed by atoms with Crippen molar-refractivity contribution in [3.63, 3.8) is 0 Å². The van der Waals surface area contributed by atoms with Crippen LogP contribution in [-0.4, -0.2) is 12.5 Å². The molecule has 2 aromatic rings. The number of halogens is 2. The van der Waals surface area contributed by atoms with Crippen molar-refractivity contribution < 1.29 is 9.18 Å². The van der Waals surface area contributed by atoms with E-state index in [2.05, 4.69) is 22.9 Å². The molecule has 1 amide bonds. The maximum Gasteiger partial charge on any atom is 0.261 e. The third-order valence-electron chi connectivity index (χ3n) is 3.77. The first kappa shape index (κ1) is 14.3. The number of amides is 1. The van der Waals surface area contributed by atoms with Gasteiger partial charge >= 0.3 is 0 Å². The second-order valence-electron chi connectivity index (χ2n) is 5.46. The van der Waals surface area contributed by atoms with E-state index < -0.39 is 5.82 Å². The van der Waals surface area contributed by atoms with E-state index in [1.165, 1.54) is 6.07 Å². The van der Waals surface area contributed by atoms with Gasteiger partial charge in [-0.05, 0) is 52.0 Å². The molecule has 0 fully saturated rings. The highest BCUT2D eigenvalue weighted by Crippen LogP contribution is 2.31. The fourth-order valence-electron chi connectivity index (χ4n) is 2.80. The van der Waals surface area contributed by atoms with Gasteiger partial charge < -0.3 is 4.90 Å². The average Bonchev–Trinajstić information content (AvgIpc) is 2.48. The summed E-state index contributed by atoms with van der Waals surface area (Å²) in [6.45, 7) is 2.72. The molecule has 3 rings (SSSR count). The minimum atomic E-state index is -0.502. The number of carbonyl (C=O) groups excluding carboxylic acids is 1. The van der Waals surface area contributed by atoms with E-state index in [0.717, 1.165) is 17.7 Å². The van der Waals surface area contributed by atoms with E-state index >= 15 is 0 Å². The maximum atomic E-state index is 14.2. The molecule has 108 valence electrons. The predicted molar refractivity (Wildman–Crippen MR) is 85.1 cm³/mol. The van der Waals surface area contributed by atoms with Crippen molar-refractivity contribution in [2.45, 2.75) is 13.3 Å². The van der Waals surface area contributed by atoms with Crippen LogP contribution in [0.3, 0.4) is 0 Å². The van der Waals surface area contributed by atoms with E-state index in [-0.39, 0.29) is 11.5 Å². The molecule has 2 nitrogen and oxygen atoms in total. The van der Waals surface area contributed by atoms with Gasteiger partial charge in [0.2, 0.25) is 0 Å². The number of benzene rings is 2. The fourth-order valence-corrected chi connectivity index (χ4v) is 3.17. The fraction of sp³-hybridized carbons (Fsp3) is 0.235. The number of hydrogen-bond donors (Lipinski definition) is 0. The summed E-state index contributed by atoms with van der Waals surface area (Å²) in [7, 11) is 0. The zero-order valence-corrected chi connectivity index (χ0v) is 13.2. The Kier molecular flexibility index (Phi) is 3.81. The number of carbonyl (C=O) groups is 1. The molecule has 1 heterocycles. The van der Waals surface area contributed by atoms with Gasteiger partial charge in [-0.25, -0.2) is 4.39 Å². The predicted octanol–water partition coefficient (Wildman–Crippen LogP) is 4.43. The molecule has 0 spiro atoms. The van der Waals surface area contributed by atoms with Crippen LogP contribution in [0.5, 0.6) is 0 Å². The largest absolute Gasteiger partial charge is 0.308 e. The van der Waals surface area contributed by atoms with Gasteiger partial charge in [-0.2, -0.15) is 0 Å². The van der Waals surface area contributed by atoms with Gasteiger partial charge in [-0.1, -0.05) is 31.2 Å². The molecule has 0 aromatic heterocycles. The molecule has 1 aliphatic rings. The first-order chi connectivity index (χ1) is 10.1. The molecule has 4 heteroatoms. The number of anilines is 1. The third kappa shape index (κ3) is 2.60. The van der Waals surface area contributed by atoms with Crippen molar-refractivity contribution in [1.29, 1.82) is 0 Å². The minimum Gasteiger partial charge on any atom is -0.308 e. The van der Waals surface area contributed by atoms with Gasteiger partial charge in [0.05, 0.1) is 10.0 Å². The van der Waals surface area contributed by atoms with E-state index in [0.29, 0.717) is 16.9 Å². The Balaban J connectivity index is 2.04. The Hall–Kier alpha value is -1.68. The van der Waals surface area contributed by atoms with Crippen molar-refractivity contribution >= 4 is 27.5 Å². The van der Waals surface area contributed by atoms with Crippen molar-refractivity contribution in [2.75, 3.05) is 11.4 Å². The SMILES string of the molecule is CC1Cc2ccccc2N(C(=O)c2cccc(Br)c2F)C1. The smallest absolute Gasteiger partial charge is 0.261 e. The van der Waals surface area contributed by atoms with Crippen LogP contribution in [0.25, 0.3) is 0 Å². The second-order valence-corrected chi connectivity index (χ2v) is 6.31. The second kappa shape index (κ2) is 5.60. The Morgan fingerprint density at radius 2 is 2.00 bits per heavy atom. The van der Waals surface area contributed by atoms with Crippen LogP contribution >= 0.6 is 15.9 Å². The monoisotopic (exact) mass is 347 g/mol. The summed E-state index contributed by atoms with van der Waals surface area (Å²) in [6.07, 6.45) is 0.945. The van der Waals surface area contributed by atoms with Crippen LogP contribution in [0, 0.1) is 11.7 Å². The molecule has 0 radical (unpaired) electrons. The van der Waals surface area contributed by atoms with E-state index in [9.17, 15) is 9.18 Å². The van der Waals surface area contributed by atoms with Crippen LogP contribution in [0.1, 0.15) is 22.8 Å². The summed E-state index contributed by atoms with van der Waals surface area (Å²) in [4.78, 5) is 14.4. The van der Waals surface area contributed by atoms with E-state index in [1.807, 2.05) is 24.3 Å². The highest BCUT2D eigenvalue weighted by atomic mass is 79.9. The van der Waals surface area contributed by atoms with Gasteiger partial charge in [0.15, 0.2) is 0 Å². The molecule has 2 aromatic carbocycles. The first-order valence-electron chi connectivity index (χ1n) is 6.91. The van der Waals surface area contributed by atoms with Crippen molar-refractivity contribution in [3.05, 3.63) is 63.9 Å². The van der Waals surface area contributed by atoms with Crippen molar-refractivity contribution in [3.8, 4) is 0 Å². The van der Waals surface area contributed by atoms with Crippen LogP contribution in [0.15, 0.2) is 46.9 Å². The minimum absolute atomic E-state index is 0.105. The molecule has 1 unspecified atom stereocenters. The molecule has 0 aliphatic carbocycles. The standard InChI is InChI=1S/C17H15BrFNO/c1-11-9-12-5-2-3-8-15(12)20(10-11)17(21)13-6-4-7-14(18)16(13)19/h2-8,11H,9-10H2,1H3. The summed E-state index contributed by atoms with van der Waals surface area (Å²) in [5, 5.41) is 0. The quantitative estimate of drug-likeness (QED) is 0.747.